The number of benzene rings is 1. The fourth-order valence-corrected chi connectivity index (χ4v) is 3.07. The van der Waals surface area contributed by atoms with Crippen LogP contribution in [-0.2, 0) is 22.4 Å². The Hall–Kier alpha value is -2.24. The summed E-state index contributed by atoms with van der Waals surface area (Å²) in [4.78, 5) is 18.4. The van der Waals surface area contributed by atoms with Gasteiger partial charge in [-0.05, 0) is 23.3 Å². The minimum absolute atomic E-state index is 0.0513. The number of hydrogen-bond donors (Lipinski definition) is 1. The number of carbonyl (C=O) groups excluding carboxylic acids is 1. The number of aliphatic hydroxyl groups excluding tert-OH is 1. The number of rotatable bonds is 5. The van der Waals surface area contributed by atoms with Gasteiger partial charge in [0.2, 0.25) is 5.91 Å². The maximum absolute atomic E-state index is 12.6. The molecule has 1 N–H and O–H groups in total. The number of ether oxygens (including phenoxy) is 1. The molecule has 1 aromatic heterocycles. The van der Waals surface area contributed by atoms with Crippen LogP contribution in [0, 0.1) is 0 Å². The molecule has 0 bridgehead atoms. The van der Waals surface area contributed by atoms with E-state index in [-0.39, 0.29) is 12.5 Å². The molecule has 1 aliphatic heterocycles. The van der Waals surface area contributed by atoms with Gasteiger partial charge in [-0.15, -0.1) is 0 Å². The highest BCUT2D eigenvalue weighted by Gasteiger charge is 2.38. The lowest BCUT2D eigenvalue weighted by Crippen LogP contribution is -2.57. The Kier molecular flexibility index (Phi) is 5.23. The molecule has 1 atom stereocenters. The van der Waals surface area contributed by atoms with E-state index < -0.39 is 5.60 Å². The first-order valence-electron chi connectivity index (χ1n) is 8.16. The van der Waals surface area contributed by atoms with Crippen molar-refractivity contribution < 1.29 is 14.6 Å². The lowest BCUT2D eigenvalue weighted by atomic mass is 9.93. The predicted octanol–water partition coefficient (Wildman–Crippen LogP) is 1.46. The third kappa shape index (κ3) is 3.99. The average molecular weight is 326 g/mol. The van der Waals surface area contributed by atoms with Crippen LogP contribution in [0.15, 0.2) is 54.9 Å². The number of aromatic nitrogens is 1. The summed E-state index contributed by atoms with van der Waals surface area (Å²) in [7, 11) is 0. The van der Waals surface area contributed by atoms with E-state index in [4.69, 9.17) is 4.74 Å². The van der Waals surface area contributed by atoms with E-state index in [1.165, 1.54) is 0 Å². The smallest absolute Gasteiger partial charge is 0.227 e. The highest BCUT2D eigenvalue weighted by Crippen LogP contribution is 2.23. The van der Waals surface area contributed by atoms with Gasteiger partial charge in [0.15, 0.2) is 0 Å². The summed E-state index contributed by atoms with van der Waals surface area (Å²) >= 11 is 0. The first-order chi connectivity index (χ1) is 11.7. The number of carbonyl (C=O) groups is 1. The number of aliphatic hydroxyl groups is 1. The number of pyridine rings is 1. The Balaban J connectivity index is 1.68. The Morgan fingerprint density at radius 1 is 1.17 bits per heavy atom. The molecule has 1 aromatic carbocycles. The quantitative estimate of drug-likeness (QED) is 0.903. The molecule has 2 aromatic rings. The summed E-state index contributed by atoms with van der Waals surface area (Å²) in [5.74, 6) is 0.0513. The molecular weight excluding hydrogens is 304 g/mol. The van der Waals surface area contributed by atoms with Gasteiger partial charge in [-0.2, -0.15) is 0 Å². The van der Waals surface area contributed by atoms with Crippen molar-refractivity contribution in [3.8, 4) is 0 Å². The third-order valence-corrected chi connectivity index (χ3v) is 4.36. The van der Waals surface area contributed by atoms with Crippen molar-refractivity contribution in [1.29, 1.82) is 0 Å². The second-order valence-electron chi connectivity index (χ2n) is 6.20. The molecule has 126 valence electrons. The van der Waals surface area contributed by atoms with Gasteiger partial charge in [-0.3, -0.25) is 9.78 Å². The molecule has 1 saturated heterocycles. The first-order valence-corrected chi connectivity index (χ1v) is 8.16. The number of amides is 1. The molecule has 0 spiro atoms. The monoisotopic (exact) mass is 326 g/mol. The van der Waals surface area contributed by atoms with E-state index in [0.29, 0.717) is 32.5 Å². The maximum atomic E-state index is 12.6. The van der Waals surface area contributed by atoms with Crippen LogP contribution in [0.1, 0.15) is 11.1 Å². The molecule has 2 heterocycles. The van der Waals surface area contributed by atoms with Crippen molar-refractivity contribution in [3.05, 3.63) is 66.0 Å². The molecule has 1 aliphatic rings. The van der Waals surface area contributed by atoms with Crippen LogP contribution in [0.3, 0.4) is 0 Å². The molecule has 0 saturated carbocycles. The minimum Gasteiger partial charge on any atom is -0.393 e. The number of hydrogen-bond acceptors (Lipinski definition) is 4. The topological polar surface area (TPSA) is 62.7 Å². The zero-order chi connectivity index (χ0) is 16.8. The molecule has 0 aliphatic carbocycles. The van der Waals surface area contributed by atoms with Gasteiger partial charge < -0.3 is 14.7 Å². The van der Waals surface area contributed by atoms with Crippen molar-refractivity contribution in [1.82, 2.24) is 9.88 Å². The zero-order valence-corrected chi connectivity index (χ0v) is 13.6. The van der Waals surface area contributed by atoms with Gasteiger partial charge in [0.25, 0.3) is 0 Å². The second kappa shape index (κ2) is 7.55. The summed E-state index contributed by atoms with van der Waals surface area (Å²) in [6.07, 6.45) is 4.31. The lowest BCUT2D eigenvalue weighted by molar-refractivity contribution is -0.157. The van der Waals surface area contributed by atoms with E-state index in [0.717, 1.165) is 11.1 Å². The van der Waals surface area contributed by atoms with Crippen LogP contribution in [-0.4, -0.2) is 52.8 Å². The summed E-state index contributed by atoms with van der Waals surface area (Å²) < 4.78 is 5.90. The van der Waals surface area contributed by atoms with Crippen molar-refractivity contribution >= 4 is 5.91 Å². The molecule has 0 unspecified atom stereocenters. The Morgan fingerprint density at radius 3 is 2.62 bits per heavy atom. The maximum Gasteiger partial charge on any atom is 0.227 e. The van der Waals surface area contributed by atoms with E-state index in [1.807, 2.05) is 42.5 Å². The minimum atomic E-state index is -0.729. The van der Waals surface area contributed by atoms with Crippen LogP contribution in [0.25, 0.3) is 0 Å². The van der Waals surface area contributed by atoms with E-state index in [1.54, 1.807) is 17.3 Å². The summed E-state index contributed by atoms with van der Waals surface area (Å²) in [6, 6.07) is 13.6. The fraction of sp³-hybridized carbons (Fsp3) is 0.368. The molecule has 0 radical (unpaired) electrons. The van der Waals surface area contributed by atoms with E-state index in [2.05, 4.69) is 4.98 Å². The summed E-state index contributed by atoms with van der Waals surface area (Å²) in [5.41, 5.74) is 1.31. The predicted molar refractivity (Wildman–Crippen MR) is 90.4 cm³/mol. The van der Waals surface area contributed by atoms with Crippen LogP contribution in [0.2, 0.25) is 0 Å². The van der Waals surface area contributed by atoms with Gasteiger partial charge in [0, 0.05) is 25.4 Å². The molecular formula is C19H22N2O3. The fourth-order valence-electron chi connectivity index (χ4n) is 3.07. The number of nitrogens with zero attached hydrogens (tertiary/aromatic N) is 2. The van der Waals surface area contributed by atoms with Crippen molar-refractivity contribution in [2.24, 2.45) is 0 Å². The molecule has 1 fully saturated rings. The largest absolute Gasteiger partial charge is 0.393 e. The SMILES string of the molecule is O=C(Cc1ccncc1)N1CCO[C@@](CO)(Cc2ccccc2)C1. The van der Waals surface area contributed by atoms with Crippen molar-refractivity contribution in [3.63, 3.8) is 0 Å². The van der Waals surface area contributed by atoms with Crippen molar-refractivity contribution in [2.75, 3.05) is 26.3 Å². The van der Waals surface area contributed by atoms with Gasteiger partial charge in [-0.1, -0.05) is 30.3 Å². The average Bonchev–Trinajstić information content (AvgIpc) is 2.63. The van der Waals surface area contributed by atoms with Gasteiger partial charge in [0.1, 0.15) is 5.60 Å². The van der Waals surface area contributed by atoms with Gasteiger partial charge in [-0.25, -0.2) is 0 Å². The summed E-state index contributed by atoms with van der Waals surface area (Å²) in [5, 5.41) is 9.92. The normalized spacial score (nSPS) is 20.8. The summed E-state index contributed by atoms with van der Waals surface area (Å²) in [6.45, 7) is 1.29. The molecule has 24 heavy (non-hydrogen) atoms. The third-order valence-electron chi connectivity index (χ3n) is 4.36. The van der Waals surface area contributed by atoms with Crippen LogP contribution in [0.5, 0.6) is 0 Å². The van der Waals surface area contributed by atoms with Crippen molar-refractivity contribution in [2.45, 2.75) is 18.4 Å². The Labute approximate surface area is 141 Å². The van der Waals surface area contributed by atoms with Gasteiger partial charge in [0.05, 0.1) is 26.2 Å². The lowest BCUT2D eigenvalue weighted by Gasteiger charge is -2.42. The van der Waals surface area contributed by atoms with Gasteiger partial charge >= 0.3 is 0 Å². The molecule has 1 amide bonds. The highest BCUT2D eigenvalue weighted by atomic mass is 16.5. The Morgan fingerprint density at radius 2 is 1.92 bits per heavy atom. The van der Waals surface area contributed by atoms with Crippen LogP contribution < -0.4 is 0 Å². The van der Waals surface area contributed by atoms with E-state index in [9.17, 15) is 9.90 Å². The van der Waals surface area contributed by atoms with Crippen LogP contribution >= 0.6 is 0 Å². The molecule has 3 rings (SSSR count). The second-order valence-corrected chi connectivity index (χ2v) is 6.20. The van der Waals surface area contributed by atoms with E-state index >= 15 is 0 Å². The van der Waals surface area contributed by atoms with Crippen LogP contribution in [0.4, 0.5) is 0 Å². The Bertz CT molecular complexity index is 663. The molecule has 5 heteroatoms. The standard InChI is InChI=1S/C19H22N2O3/c22-15-19(13-17-4-2-1-3-5-17)14-21(10-11-24-19)18(23)12-16-6-8-20-9-7-16/h1-9,22H,10-15H2/t19-/m0/s1. The number of morpholine rings is 1. The molecule has 5 nitrogen and oxygen atoms in total. The first kappa shape index (κ1) is 16.6. The highest BCUT2D eigenvalue weighted by molar-refractivity contribution is 5.79. The zero-order valence-electron chi connectivity index (χ0n) is 13.6.